The topological polar surface area (TPSA) is 32.3 Å². The van der Waals surface area contributed by atoms with Gasteiger partial charge in [-0.1, -0.05) is 12.1 Å². The maximum Gasteiger partial charge on any atom is 0.393 e. The van der Waals surface area contributed by atoms with Gasteiger partial charge in [-0.2, -0.15) is 13.2 Å². The summed E-state index contributed by atoms with van der Waals surface area (Å²) in [6.45, 7) is 3.95. The molecule has 2 saturated heterocycles. The van der Waals surface area contributed by atoms with Crippen LogP contribution in [0.3, 0.4) is 0 Å². The third kappa shape index (κ3) is 4.17. The lowest BCUT2D eigenvalue weighted by Crippen LogP contribution is -2.44. The molecule has 2 fully saturated rings. The fourth-order valence-corrected chi connectivity index (χ4v) is 3.88. The molecular weight excluding hydrogens is 329 g/mol. The van der Waals surface area contributed by atoms with Crippen LogP contribution in [0.4, 0.5) is 13.2 Å². The highest BCUT2D eigenvalue weighted by atomic mass is 19.4. The SMILES string of the molecule is Cc1ccc(C2CCNCC2)cc1C(=O)N1CCCC(C(F)(F)F)C1. The molecule has 2 heterocycles. The Morgan fingerprint density at radius 1 is 1.20 bits per heavy atom. The molecule has 2 aliphatic rings. The Hall–Kier alpha value is -1.56. The second kappa shape index (κ2) is 7.36. The quantitative estimate of drug-likeness (QED) is 0.874. The third-order valence-electron chi connectivity index (χ3n) is 5.47. The Balaban J connectivity index is 1.79. The highest BCUT2D eigenvalue weighted by Crippen LogP contribution is 2.34. The molecule has 1 aromatic rings. The molecule has 0 bridgehead atoms. The number of piperidine rings is 2. The van der Waals surface area contributed by atoms with E-state index < -0.39 is 12.1 Å². The first-order chi connectivity index (χ1) is 11.9. The van der Waals surface area contributed by atoms with Gasteiger partial charge >= 0.3 is 6.18 Å². The molecule has 25 heavy (non-hydrogen) atoms. The van der Waals surface area contributed by atoms with E-state index in [0.717, 1.165) is 37.1 Å². The molecule has 0 aliphatic carbocycles. The van der Waals surface area contributed by atoms with Gasteiger partial charge in [0, 0.05) is 18.7 Å². The van der Waals surface area contributed by atoms with Crippen molar-refractivity contribution in [1.82, 2.24) is 10.2 Å². The Bertz CT molecular complexity index is 624. The molecule has 1 N–H and O–H groups in total. The largest absolute Gasteiger partial charge is 0.393 e. The van der Waals surface area contributed by atoms with Crippen LogP contribution in [0.5, 0.6) is 0 Å². The number of carbonyl (C=O) groups excluding carboxylic acids is 1. The van der Waals surface area contributed by atoms with Crippen LogP contribution in [0.15, 0.2) is 18.2 Å². The van der Waals surface area contributed by atoms with E-state index in [1.165, 1.54) is 4.90 Å². The van der Waals surface area contributed by atoms with E-state index in [1.807, 2.05) is 19.1 Å². The fraction of sp³-hybridized carbons (Fsp3) is 0.632. The van der Waals surface area contributed by atoms with Crippen LogP contribution in [-0.4, -0.2) is 43.2 Å². The molecule has 0 spiro atoms. The minimum absolute atomic E-state index is 0.112. The van der Waals surface area contributed by atoms with Crippen molar-refractivity contribution in [3.05, 3.63) is 34.9 Å². The van der Waals surface area contributed by atoms with Gasteiger partial charge in [0.15, 0.2) is 0 Å². The van der Waals surface area contributed by atoms with E-state index >= 15 is 0 Å². The molecule has 0 radical (unpaired) electrons. The maximum absolute atomic E-state index is 13.0. The summed E-state index contributed by atoms with van der Waals surface area (Å²) >= 11 is 0. The summed E-state index contributed by atoms with van der Waals surface area (Å²) in [4.78, 5) is 14.3. The second-order valence-electron chi connectivity index (χ2n) is 7.23. The summed E-state index contributed by atoms with van der Waals surface area (Å²) in [6, 6.07) is 5.89. The Morgan fingerprint density at radius 3 is 2.60 bits per heavy atom. The van der Waals surface area contributed by atoms with E-state index in [2.05, 4.69) is 11.4 Å². The van der Waals surface area contributed by atoms with Crippen molar-refractivity contribution in [1.29, 1.82) is 0 Å². The summed E-state index contributed by atoms with van der Waals surface area (Å²) in [5, 5.41) is 3.32. The average Bonchev–Trinajstić information content (AvgIpc) is 2.62. The highest BCUT2D eigenvalue weighted by molar-refractivity contribution is 5.96. The van der Waals surface area contributed by atoms with Crippen LogP contribution >= 0.6 is 0 Å². The third-order valence-corrected chi connectivity index (χ3v) is 5.47. The molecule has 1 atom stereocenters. The van der Waals surface area contributed by atoms with Gasteiger partial charge in [-0.05, 0) is 68.8 Å². The minimum Gasteiger partial charge on any atom is -0.338 e. The van der Waals surface area contributed by atoms with Gasteiger partial charge in [-0.15, -0.1) is 0 Å². The maximum atomic E-state index is 13.0. The number of hydrogen-bond donors (Lipinski definition) is 1. The van der Waals surface area contributed by atoms with Gasteiger partial charge in [0.1, 0.15) is 0 Å². The van der Waals surface area contributed by atoms with Gasteiger partial charge < -0.3 is 10.2 Å². The Labute approximate surface area is 146 Å². The van der Waals surface area contributed by atoms with Crippen LogP contribution in [0, 0.1) is 12.8 Å². The molecule has 0 aromatic heterocycles. The van der Waals surface area contributed by atoms with Crippen molar-refractivity contribution in [3.63, 3.8) is 0 Å². The molecule has 0 saturated carbocycles. The summed E-state index contributed by atoms with van der Waals surface area (Å²) < 4.78 is 39.1. The van der Waals surface area contributed by atoms with Crippen LogP contribution in [-0.2, 0) is 0 Å². The van der Waals surface area contributed by atoms with Gasteiger partial charge in [-0.3, -0.25) is 4.79 Å². The zero-order valence-electron chi connectivity index (χ0n) is 14.5. The monoisotopic (exact) mass is 354 g/mol. The predicted molar refractivity (Wildman–Crippen MR) is 90.7 cm³/mol. The van der Waals surface area contributed by atoms with Crippen molar-refractivity contribution in [2.45, 2.75) is 44.7 Å². The van der Waals surface area contributed by atoms with Crippen LogP contribution < -0.4 is 5.32 Å². The average molecular weight is 354 g/mol. The number of rotatable bonds is 2. The molecule has 3 rings (SSSR count). The molecule has 6 heteroatoms. The minimum atomic E-state index is -4.23. The van der Waals surface area contributed by atoms with Gasteiger partial charge in [0.2, 0.25) is 0 Å². The van der Waals surface area contributed by atoms with E-state index in [9.17, 15) is 18.0 Å². The molecule has 3 nitrogen and oxygen atoms in total. The number of alkyl halides is 3. The summed E-state index contributed by atoms with van der Waals surface area (Å²) in [5.41, 5.74) is 2.51. The number of nitrogens with one attached hydrogen (secondary N) is 1. The van der Waals surface area contributed by atoms with Crippen molar-refractivity contribution in [3.8, 4) is 0 Å². The number of likely N-dealkylation sites (tertiary alicyclic amines) is 1. The Morgan fingerprint density at radius 2 is 1.92 bits per heavy atom. The number of hydrogen-bond acceptors (Lipinski definition) is 2. The van der Waals surface area contributed by atoms with Crippen LogP contribution in [0.1, 0.15) is 53.1 Å². The lowest BCUT2D eigenvalue weighted by atomic mass is 9.88. The zero-order chi connectivity index (χ0) is 18.0. The summed E-state index contributed by atoms with van der Waals surface area (Å²) in [7, 11) is 0. The van der Waals surface area contributed by atoms with Crippen LogP contribution in [0.25, 0.3) is 0 Å². The summed E-state index contributed by atoms with van der Waals surface area (Å²) in [6.07, 6.45) is -1.66. The first-order valence-electron chi connectivity index (χ1n) is 9.03. The summed E-state index contributed by atoms with van der Waals surface area (Å²) in [5.74, 6) is -1.25. The van der Waals surface area contributed by atoms with Crippen molar-refractivity contribution in [2.24, 2.45) is 5.92 Å². The number of aryl methyl sites for hydroxylation is 1. The lowest BCUT2D eigenvalue weighted by Gasteiger charge is -2.34. The van der Waals surface area contributed by atoms with Gasteiger partial charge in [0.25, 0.3) is 5.91 Å². The normalized spacial score (nSPS) is 22.9. The first-order valence-corrected chi connectivity index (χ1v) is 9.03. The molecular formula is C19H25F3N2O. The Kier molecular flexibility index (Phi) is 5.37. The molecule has 138 valence electrons. The van der Waals surface area contributed by atoms with Crippen LogP contribution in [0.2, 0.25) is 0 Å². The fourth-order valence-electron chi connectivity index (χ4n) is 3.88. The molecule has 1 unspecified atom stereocenters. The zero-order valence-corrected chi connectivity index (χ0v) is 14.5. The van der Waals surface area contributed by atoms with Crippen molar-refractivity contribution < 1.29 is 18.0 Å². The number of nitrogens with zero attached hydrogens (tertiary/aromatic N) is 1. The number of benzene rings is 1. The van der Waals surface area contributed by atoms with Gasteiger partial charge in [-0.25, -0.2) is 0 Å². The van der Waals surface area contributed by atoms with Gasteiger partial charge in [0.05, 0.1) is 5.92 Å². The second-order valence-corrected chi connectivity index (χ2v) is 7.23. The van der Waals surface area contributed by atoms with Crippen molar-refractivity contribution >= 4 is 5.91 Å². The molecule has 1 amide bonds. The van der Waals surface area contributed by atoms with E-state index in [-0.39, 0.29) is 18.9 Å². The lowest BCUT2D eigenvalue weighted by molar-refractivity contribution is -0.184. The van der Waals surface area contributed by atoms with E-state index in [0.29, 0.717) is 24.4 Å². The predicted octanol–water partition coefficient (Wildman–Crippen LogP) is 3.88. The van der Waals surface area contributed by atoms with E-state index in [1.54, 1.807) is 0 Å². The first kappa shape index (κ1) is 18.2. The number of carbonyl (C=O) groups is 1. The number of amides is 1. The molecule has 2 aliphatic heterocycles. The standard InChI is InChI=1S/C19H25F3N2O/c1-13-4-5-15(14-6-8-23-9-7-14)11-17(13)18(25)24-10-2-3-16(12-24)19(20,21)22/h4-5,11,14,16,23H,2-3,6-10,12H2,1H3. The highest BCUT2D eigenvalue weighted by Gasteiger charge is 2.42. The van der Waals surface area contributed by atoms with E-state index in [4.69, 9.17) is 0 Å². The molecule has 1 aromatic carbocycles. The number of halogens is 3. The smallest absolute Gasteiger partial charge is 0.338 e. The van der Waals surface area contributed by atoms with Crippen molar-refractivity contribution in [2.75, 3.05) is 26.2 Å².